The van der Waals surface area contributed by atoms with Crippen LogP contribution in [0.5, 0.6) is 0 Å². The molecule has 1 N–H and O–H groups in total. The van der Waals surface area contributed by atoms with Gasteiger partial charge in [-0.15, -0.1) is 11.8 Å². The maximum absolute atomic E-state index is 12.4. The van der Waals surface area contributed by atoms with E-state index in [0.717, 1.165) is 22.6 Å². The lowest BCUT2D eigenvalue weighted by molar-refractivity contribution is -0.113. The third kappa shape index (κ3) is 5.33. The van der Waals surface area contributed by atoms with E-state index in [1.807, 2.05) is 54.6 Å². The van der Waals surface area contributed by atoms with Gasteiger partial charge in [-0.2, -0.15) is 4.98 Å². The third-order valence-electron chi connectivity index (χ3n) is 4.37. The lowest BCUT2D eigenvalue weighted by Crippen LogP contribution is -2.15. The number of thioether (sulfide) groups is 1. The zero-order valence-corrected chi connectivity index (χ0v) is 17.0. The molecule has 30 heavy (non-hydrogen) atoms. The van der Waals surface area contributed by atoms with Crippen molar-refractivity contribution in [3.05, 3.63) is 96.1 Å². The molecule has 0 aliphatic rings. The molecule has 2 aromatic carbocycles. The van der Waals surface area contributed by atoms with Gasteiger partial charge in [-0.3, -0.25) is 9.78 Å². The number of pyridine rings is 1. The van der Waals surface area contributed by atoms with Gasteiger partial charge in [0.1, 0.15) is 0 Å². The molecule has 0 fully saturated rings. The summed E-state index contributed by atoms with van der Waals surface area (Å²) in [4.78, 5) is 20.9. The Morgan fingerprint density at radius 2 is 1.83 bits per heavy atom. The van der Waals surface area contributed by atoms with Crippen LogP contribution in [0.4, 0.5) is 5.69 Å². The van der Waals surface area contributed by atoms with Crippen LogP contribution >= 0.6 is 11.8 Å². The quantitative estimate of drug-likeness (QED) is 0.452. The highest BCUT2D eigenvalue weighted by Gasteiger charge is 2.13. The van der Waals surface area contributed by atoms with E-state index < -0.39 is 0 Å². The summed E-state index contributed by atoms with van der Waals surface area (Å²) in [5.41, 5.74) is 3.67. The van der Waals surface area contributed by atoms with Gasteiger partial charge in [0.05, 0.1) is 12.2 Å². The molecule has 0 saturated heterocycles. The highest BCUT2D eigenvalue weighted by Crippen LogP contribution is 2.21. The van der Waals surface area contributed by atoms with E-state index in [0.29, 0.717) is 23.9 Å². The molecule has 0 unspecified atom stereocenters. The molecule has 0 aliphatic carbocycles. The minimum atomic E-state index is -0.0371. The van der Waals surface area contributed by atoms with Crippen LogP contribution in [0.1, 0.15) is 17.0 Å². The Labute approximate surface area is 178 Å². The molecule has 2 heterocycles. The fourth-order valence-electron chi connectivity index (χ4n) is 2.92. The Hall–Kier alpha value is -3.45. The van der Waals surface area contributed by atoms with E-state index in [-0.39, 0.29) is 5.91 Å². The second-order valence-corrected chi connectivity index (χ2v) is 7.60. The molecule has 0 spiro atoms. The molecule has 0 radical (unpaired) electrons. The lowest BCUT2D eigenvalue weighted by Gasteiger charge is -2.09. The van der Waals surface area contributed by atoms with Crippen LogP contribution in [0.15, 0.2) is 83.6 Å². The van der Waals surface area contributed by atoms with Gasteiger partial charge < -0.3 is 9.84 Å². The van der Waals surface area contributed by atoms with Gasteiger partial charge in [0, 0.05) is 29.4 Å². The normalized spacial score (nSPS) is 10.7. The predicted molar refractivity (Wildman–Crippen MR) is 118 cm³/mol. The topological polar surface area (TPSA) is 80.9 Å². The van der Waals surface area contributed by atoms with Gasteiger partial charge in [0.2, 0.25) is 17.6 Å². The van der Waals surface area contributed by atoms with Crippen molar-refractivity contribution in [3.8, 4) is 11.4 Å². The standard InChI is InChI=1S/C23H20N4O2S/c28-21(16-30-15-17-7-2-1-3-8-17)25-20-11-5-4-9-18(20)13-22-26-23(27-29-22)19-10-6-12-24-14-19/h1-12,14H,13,15-16H2,(H,25,28). The molecule has 4 rings (SSSR count). The zero-order valence-electron chi connectivity index (χ0n) is 16.2. The highest BCUT2D eigenvalue weighted by molar-refractivity contribution is 7.99. The third-order valence-corrected chi connectivity index (χ3v) is 5.37. The molecule has 0 bridgehead atoms. The van der Waals surface area contributed by atoms with E-state index in [9.17, 15) is 4.79 Å². The molecule has 0 saturated carbocycles. The largest absolute Gasteiger partial charge is 0.339 e. The SMILES string of the molecule is O=C(CSCc1ccccc1)Nc1ccccc1Cc1nc(-c2cccnc2)no1. The molecule has 4 aromatic rings. The average Bonchev–Trinajstić information content (AvgIpc) is 3.25. The lowest BCUT2D eigenvalue weighted by atomic mass is 10.1. The van der Waals surface area contributed by atoms with Gasteiger partial charge in [0.15, 0.2) is 0 Å². The summed E-state index contributed by atoms with van der Waals surface area (Å²) in [6.07, 6.45) is 3.82. The first-order valence-electron chi connectivity index (χ1n) is 9.50. The average molecular weight is 417 g/mol. The fraction of sp³-hybridized carbons (Fsp3) is 0.130. The van der Waals surface area contributed by atoms with E-state index in [1.165, 1.54) is 5.56 Å². The molecular weight excluding hydrogens is 396 g/mol. The first-order valence-corrected chi connectivity index (χ1v) is 10.7. The summed E-state index contributed by atoms with van der Waals surface area (Å²) in [5, 5.41) is 7.02. The first kappa shape index (κ1) is 19.8. The van der Waals surface area contributed by atoms with Crippen molar-refractivity contribution in [1.29, 1.82) is 0 Å². The van der Waals surface area contributed by atoms with Crippen LogP contribution in [-0.4, -0.2) is 26.8 Å². The second kappa shape index (κ2) is 9.84. The number of hydrogen-bond donors (Lipinski definition) is 1. The predicted octanol–water partition coefficient (Wildman–Crippen LogP) is 4.59. The van der Waals surface area contributed by atoms with E-state index in [1.54, 1.807) is 24.2 Å². The molecule has 2 aromatic heterocycles. The van der Waals surface area contributed by atoms with Crippen molar-refractivity contribution in [1.82, 2.24) is 15.1 Å². The summed E-state index contributed by atoms with van der Waals surface area (Å²) in [6, 6.07) is 21.5. The maximum atomic E-state index is 12.4. The van der Waals surface area contributed by atoms with E-state index >= 15 is 0 Å². The van der Waals surface area contributed by atoms with Crippen LogP contribution in [0.2, 0.25) is 0 Å². The number of amides is 1. The second-order valence-electron chi connectivity index (χ2n) is 6.61. The maximum Gasteiger partial charge on any atom is 0.234 e. The molecular formula is C23H20N4O2S. The number of benzene rings is 2. The molecule has 1 amide bonds. The van der Waals surface area contributed by atoms with Crippen LogP contribution in [0, 0.1) is 0 Å². The monoisotopic (exact) mass is 416 g/mol. The van der Waals surface area contributed by atoms with Crippen molar-refractivity contribution < 1.29 is 9.32 Å². The van der Waals surface area contributed by atoms with Gasteiger partial charge in [0.25, 0.3) is 0 Å². The number of rotatable bonds is 8. The number of carbonyl (C=O) groups excluding carboxylic acids is 1. The van der Waals surface area contributed by atoms with Crippen molar-refractivity contribution in [2.75, 3.05) is 11.1 Å². The number of anilines is 1. The molecule has 0 atom stereocenters. The van der Waals surface area contributed by atoms with Crippen molar-refractivity contribution >= 4 is 23.4 Å². The summed E-state index contributed by atoms with van der Waals surface area (Å²) in [5.74, 6) is 2.13. The van der Waals surface area contributed by atoms with Gasteiger partial charge >= 0.3 is 0 Å². The molecule has 6 nitrogen and oxygen atoms in total. The van der Waals surface area contributed by atoms with Crippen LogP contribution in [-0.2, 0) is 17.0 Å². The smallest absolute Gasteiger partial charge is 0.234 e. The number of nitrogens with zero attached hydrogens (tertiary/aromatic N) is 3. The van der Waals surface area contributed by atoms with E-state index in [4.69, 9.17) is 4.52 Å². The zero-order chi connectivity index (χ0) is 20.6. The first-order chi connectivity index (χ1) is 14.8. The van der Waals surface area contributed by atoms with Crippen LogP contribution in [0.25, 0.3) is 11.4 Å². The number of aromatic nitrogens is 3. The summed E-state index contributed by atoms with van der Waals surface area (Å²) >= 11 is 1.59. The molecule has 0 aliphatic heterocycles. The van der Waals surface area contributed by atoms with Crippen LogP contribution in [0.3, 0.4) is 0 Å². The summed E-state index contributed by atoms with van der Waals surface area (Å²) in [7, 11) is 0. The minimum absolute atomic E-state index is 0.0371. The van der Waals surface area contributed by atoms with Crippen LogP contribution < -0.4 is 5.32 Å². The highest BCUT2D eigenvalue weighted by atomic mass is 32.2. The molecule has 7 heteroatoms. The Morgan fingerprint density at radius 3 is 2.67 bits per heavy atom. The van der Waals surface area contributed by atoms with E-state index in [2.05, 4.69) is 32.6 Å². The number of para-hydroxylation sites is 1. The summed E-state index contributed by atoms with van der Waals surface area (Å²) < 4.78 is 5.39. The van der Waals surface area contributed by atoms with Crippen molar-refractivity contribution in [2.45, 2.75) is 12.2 Å². The van der Waals surface area contributed by atoms with Crippen molar-refractivity contribution in [2.24, 2.45) is 0 Å². The molecule has 150 valence electrons. The minimum Gasteiger partial charge on any atom is -0.339 e. The summed E-state index contributed by atoms with van der Waals surface area (Å²) in [6.45, 7) is 0. The number of carbonyl (C=O) groups is 1. The van der Waals surface area contributed by atoms with Gasteiger partial charge in [-0.05, 0) is 29.3 Å². The number of nitrogens with one attached hydrogen (secondary N) is 1. The van der Waals surface area contributed by atoms with Gasteiger partial charge in [-0.25, -0.2) is 0 Å². The Morgan fingerprint density at radius 1 is 1.00 bits per heavy atom. The number of hydrogen-bond acceptors (Lipinski definition) is 6. The Bertz CT molecular complexity index is 1100. The van der Waals surface area contributed by atoms with Crippen molar-refractivity contribution in [3.63, 3.8) is 0 Å². The fourth-order valence-corrected chi connectivity index (χ4v) is 3.71. The Kier molecular flexibility index (Phi) is 6.51. The van der Waals surface area contributed by atoms with Gasteiger partial charge in [-0.1, -0.05) is 53.7 Å². The Balaban J connectivity index is 1.37.